The van der Waals surface area contributed by atoms with E-state index in [1.165, 1.54) is 6.92 Å². The number of methoxy groups -OCH3 is 1. The topological polar surface area (TPSA) is 74.2 Å². The van der Waals surface area contributed by atoms with E-state index < -0.39 is 17.7 Å². The minimum absolute atomic E-state index is 0.0123. The van der Waals surface area contributed by atoms with E-state index in [2.05, 4.69) is 0 Å². The number of carbonyl (C=O) groups is 1. The van der Waals surface area contributed by atoms with Crippen LogP contribution in [0, 0.1) is 0 Å². The highest BCUT2D eigenvalue weighted by atomic mass is 16.6. The van der Waals surface area contributed by atoms with Crippen molar-refractivity contribution in [3.05, 3.63) is 29.8 Å². The molecule has 0 amide bonds. The molecule has 0 radical (unpaired) electrons. The van der Waals surface area contributed by atoms with Crippen LogP contribution in [0.3, 0.4) is 0 Å². The van der Waals surface area contributed by atoms with Gasteiger partial charge in [0.05, 0.1) is 32.5 Å². The van der Waals surface area contributed by atoms with Crippen LogP contribution < -0.4 is 4.74 Å². The average Bonchev–Trinajstić information content (AvgIpc) is 3.09. The Kier molecular flexibility index (Phi) is 7.23. The molecule has 1 aromatic rings. The van der Waals surface area contributed by atoms with E-state index in [-0.39, 0.29) is 12.7 Å². The number of hydrogen-bond donors (Lipinski definition) is 1. The normalized spacial score (nSPS) is 22.4. The summed E-state index contributed by atoms with van der Waals surface area (Å²) in [6, 6.07) is 7.75. The highest BCUT2D eigenvalue weighted by molar-refractivity contribution is 5.79. The summed E-state index contributed by atoms with van der Waals surface area (Å²) < 4.78 is 21.6. The lowest BCUT2D eigenvalue weighted by Crippen LogP contribution is -2.48. The number of aliphatic hydroxyl groups is 1. The molecule has 0 bridgehead atoms. The van der Waals surface area contributed by atoms with Crippen molar-refractivity contribution in [2.75, 3.05) is 20.3 Å². The zero-order valence-corrected chi connectivity index (χ0v) is 15.2. The molecule has 6 heteroatoms. The summed E-state index contributed by atoms with van der Waals surface area (Å²) in [6.45, 7) is 4.50. The summed E-state index contributed by atoms with van der Waals surface area (Å²) in [5, 5.41) is 10.4. The first-order valence-corrected chi connectivity index (χ1v) is 8.73. The first-order chi connectivity index (χ1) is 12.0. The van der Waals surface area contributed by atoms with Gasteiger partial charge in [-0.2, -0.15) is 0 Å². The molecule has 1 N–H and O–H groups in total. The molecule has 140 valence electrons. The van der Waals surface area contributed by atoms with Gasteiger partial charge in [-0.25, -0.2) is 4.79 Å². The zero-order chi connectivity index (χ0) is 18.3. The van der Waals surface area contributed by atoms with Crippen LogP contribution in [0.25, 0.3) is 0 Å². The number of esters is 1. The third-order valence-corrected chi connectivity index (χ3v) is 4.44. The van der Waals surface area contributed by atoms with Crippen LogP contribution >= 0.6 is 0 Å². The van der Waals surface area contributed by atoms with Gasteiger partial charge in [-0.3, -0.25) is 0 Å². The minimum Gasteiger partial charge on any atom is -0.497 e. The van der Waals surface area contributed by atoms with E-state index in [1.807, 2.05) is 24.3 Å². The van der Waals surface area contributed by atoms with Gasteiger partial charge in [-0.1, -0.05) is 12.1 Å². The third kappa shape index (κ3) is 5.42. The molecular weight excluding hydrogens is 324 g/mol. The third-order valence-electron chi connectivity index (χ3n) is 4.44. The molecule has 0 aliphatic carbocycles. The van der Waals surface area contributed by atoms with Crippen LogP contribution in [0.1, 0.15) is 38.7 Å². The first-order valence-electron chi connectivity index (χ1n) is 8.73. The van der Waals surface area contributed by atoms with E-state index in [1.54, 1.807) is 14.0 Å². The lowest BCUT2D eigenvalue weighted by molar-refractivity contribution is -0.178. The summed E-state index contributed by atoms with van der Waals surface area (Å²) in [5.74, 6) is 0.194. The summed E-state index contributed by atoms with van der Waals surface area (Å²) in [6.07, 6.45) is 1.62. The highest BCUT2D eigenvalue weighted by Gasteiger charge is 2.45. The molecular formula is C19H28O6. The summed E-state index contributed by atoms with van der Waals surface area (Å²) in [5.41, 5.74) is -0.523. The van der Waals surface area contributed by atoms with Gasteiger partial charge >= 0.3 is 5.97 Å². The fourth-order valence-corrected chi connectivity index (χ4v) is 2.87. The zero-order valence-electron chi connectivity index (χ0n) is 15.2. The van der Waals surface area contributed by atoms with E-state index in [9.17, 15) is 9.90 Å². The van der Waals surface area contributed by atoms with Gasteiger partial charge in [0.2, 0.25) is 0 Å². The van der Waals surface area contributed by atoms with Crippen LogP contribution in [0.4, 0.5) is 0 Å². The van der Waals surface area contributed by atoms with Gasteiger partial charge in [0.1, 0.15) is 5.75 Å². The molecule has 25 heavy (non-hydrogen) atoms. The summed E-state index contributed by atoms with van der Waals surface area (Å²) in [4.78, 5) is 11.8. The van der Waals surface area contributed by atoms with Crippen LogP contribution in [0.15, 0.2) is 24.3 Å². The SMILES string of the molecule is CCOC(=O)[C@](C)(O)[C@@H]1CC[C@@H](CCOCc2ccc(OC)cc2)O1. The van der Waals surface area contributed by atoms with Gasteiger partial charge in [0, 0.05) is 6.61 Å². The predicted octanol–water partition coefficient (Wildman–Crippen LogP) is 2.46. The van der Waals surface area contributed by atoms with Crippen molar-refractivity contribution >= 4 is 5.97 Å². The quantitative estimate of drug-likeness (QED) is 0.544. The van der Waals surface area contributed by atoms with Crippen molar-refractivity contribution < 1.29 is 28.8 Å². The second kappa shape index (κ2) is 9.17. The van der Waals surface area contributed by atoms with Crippen molar-refractivity contribution in [2.24, 2.45) is 0 Å². The summed E-state index contributed by atoms with van der Waals surface area (Å²) in [7, 11) is 1.64. The molecule has 0 unspecified atom stereocenters. The second-order valence-electron chi connectivity index (χ2n) is 6.38. The van der Waals surface area contributed by atoms with E-state index in [4.69, 9.17) is 18.9 Å². The van der Waals surface area contributed by atoms with E-state index >= 15 is 0 Å². The maximum absolute atomic E-state index is 11.8. The Hall–Kier alpha value is -1.63. The van der Waals surface area contributed by atoms with Gasteiger partial charge in [0.25, 0.3) is 0 Å². The fraction of sp³-hybridized carbons (Fsp3) is 0.632. The largest absolute Gasteiger partial charge is 0.497 e. The van der Waals surface area contributed by atoms with Crippen LogP contribution in [-0.4, -0.2) is 49.2 Å². The van der Waals surface area contributed by atoms with Crippen molar-refractivity contribution in [3.8, 4) is 5.75 Å². The van der Waals surface area contributed by atoms with Crippen molar-refractivity contribution in [3.63, 3.8) is 0 Å². The molecule has 2 rings (SSSR count). The lowest BCUT2D eigenvalue weighted by atomic mass is 9.96. The molecule has 1 heterocycles. The average molecular weight is 352 g/mol. The molecule has 1 aliphatic rings. The smallest absolute Gasteiger partial charge is 0.340 e. The van der Waals surface area contributed by atoms with E-state index in [0.29, 0.717) is 19.6 Å². The second-order valence-corrected chi connectivity index (χ2v) is 6.38. The van der Waals surface area contributed by atoms with Gasteiger partial charge < -0.3 is 24.1 Å². The lowest BCUT2D eigenvalue weighted by Gasteiger charge is -2.27. The molecule has 3 atom stereocenters. The molecule has 0 saturated carbocycles. The Morgan fingerprint density at radius 3 is 2.68 bits per heavy atom. The number of benzene rings is 1. The number of carbonyl (C=O) groups excluding carboxylic acids is 1. The number of rotatable bonds is 9. The highest BCUT2D eigenvalue weighted by Crippen LogP contribution is 2.30. The van der Waals surface area contributed by atoms with Crippen molar-refractivity contribution in [2.45, 2.75) is 57.5 Å². The maximum Gasteiger partial charge on any atom is 0.340 e. The Bertz CT molecular complexity index is 539. The Labute approximate surface area is 149 Å². The van der Waals surface area contributed by atoms with Crippen molar-refractivity contribution in [1.82, 2.24) is 0 Å². The molecule has 6 nitrogen and oxygen atoms in total. The van der Waals surface area contributed by atoms with E-state index in [0.717, 1.165) is 24.2 Å². The summed E-state index contributed by atoms with van der Waals surface area (Å²) >= 11 is 0. The molecule has 1 saturated heterocycles. The van der Waals surface area contributed by atoms with Gasteiger partial charge in [-0.15, -0.1) is 0 Å². The molecule has 0 aromatic heterocycles. The maximum atomic E-state index is 11.8. The molecule has 1 aromatic carbocycles. The molecule has 1 aliphatic heterocycles. The standard InChI is InChI=1S/C19H28O6/c1-4-24-18(20)19(2,21)17-10-9-16(25-17)11-12-23-13-14-5-7-15(22-3)8-6-14/h5-8,16-17,21H,4,9-13H2,1-3H3/t16-,17-,19+/m0/s1. The van der Waals surface area contributed by atoms with Crippen molar-refractivity contribution in [1.29, 1.82) is 0 Å². The number of ether oxygens (including phenoxy) is 4. The number of hydrogen-bond acceptors (Lipinski definition) is 6. The Morgan fingerprint density at radius 2 is 2.04 bits per heavy atom. The van der Waals surface area contributed by atoms with Gasteiger partial charge in [0.15, 0.2) is 5.60 Å². The van der Waals surface area contributed by atoms with Crippen LogP contribution in [-0.2, 0) is 25.6 Å². The molecule has 0 spiro atoms. The van der Waals surface area contributed by atoms with Gasteiger partial charge in [-0.05, 0) is 50.8 Å². The minimum atomic E-state index is -1.60. The van der Waals surface area contributed by atoms with Crippen LogP contribution in [0.5, 0.6) is 5.75 Å². The Balaban J connectivity index is 1.69. The monoisotopic (exact) mass is 352 g/mol. The molecule has 1 fully saturated rings. The fourth-order valence-electron chi connectivity index (χ4n) is 2.87. The first kappa shape index (κ1) is 19.7. The predicted molar refractivity (Wildman–Crippen MR) is 92.4 cm³/mol. The Morgan fingerprint density at radius 1 is 1.32 bits per heavy atom. The van der Waals surface area contributed by atoms with Crippen LogP contribution in [0.2, 0.25) is 0 Å².